The SMILES string of the molecule is CC(C)N(Cc1ccccc1)C(=O)CN1C(=O)c2cccc3cccc(c23)C1=O. The molecule has 29 heavy (non-hydrogen) atoms. The molecular weight excluding hydrogens is 364 g/mol. The average Bonchev–Trinajstić information content (AvgIpc) is 2.73. The molecule has 0 aromatic heterocycles. The standard InChI is InChI=1S/C24H22N2O3/c1-16(2)25(14-17-8-4-3-5-9-17)21(27)15-26-23(28)19-12-6-10-18-11-7-13-20(22(18)19)24(26)29/h3-13,16H,14-15H2,1-2H3. The topological polar surface area (TPSA) is 57.7 Å². The van der Waals surface area contributed by atoms with Gasteiger partial charge in [-0.15, -0.1) is 0 Å². The van der Waals surface area contributed by atoms with E-state index < -0.39 is 11.8 Å². The summed E-state index contributed by atoms with van der Waals surface area (Å²) in [5.41, 5.74) is 1.93. The molecule has 0 N–H and O–H groups in total. The number of hydrogen-bond acceptors (Lipinski definition) is 3. The Labute approximate surface area is 169 Å². The van der Waals surface area contributed by atoms with E-state index in [-0.39, 0.29) is 18.5 Å². The van der Waals surface area contributed by atoms with Gasteiger partial charge in [-0.1, -0.05) is 54.6 Å². The lowest BCUT2D eigenvalue weighted by Gasteiger charge is -2.31. The third kappa shape index (κ3) is 3.40. The summed E-state index contributed by atoms with van der Waals surface area (Å²) in [6, 6.07) is 20.4. The van der Waals surface area contributed by atoms with Gasteiger partial charge in [0.05, 0.1) is 0 Å². The Hall–Kier alpha value is -3.47. The van der Waals surface area contributed by atoms with Gasteiger partial charge in [0.1, 0.15) is 6.54 Å². The third-order valence-corrected chi connectivity index (χ3v) is 5.29. The fourth-order valence-corrected chi connectivity index (χ4v) is 3.79. The predicted molar refractivity (Wildman–Crippen MR) is 111 cm³/mol. The van der Waals surface area contributed by atoms with Crippen LogP contribution in [0.4, 0.5) is 0 Å². The van der Waals surface area contributed by atoms with Crippen molar-refractivity contribution in [3.63, 3.8) is 0 Å². The Morgan fingerprint density at radius 3 is 2.00 bits per heavy atom. The molecule has 3 amide bonds. The molecule has 0 aliphatic carbocycles. The van der Waals surface area contributed by atoms with Crippen LogP contribution < -0.4 is 0 Å². The minimum atomic E-state index is -0.420. The molecule has 146 valence electrons. The van der Waals surface area contributed by atoms with Gasteiger partial charge in [-0.3, -0.25) is 19.3 Å². The first-order chi connectivity index (χ1) is 14.0. The molecule has 0 unspecified atom stereocenters. The highest BCUT2D eigenvalue weighted by atomic mass is 16.2. The Bertz CT molecular complexity index is 1050. The number of nitrogens with zero attached hydrogens (tertiary/aromatic N) is 2. The minimum absolute atomic E-state index is 0.0616. The lowest BCUT2D eigenvalue weighted by atomic mass is 9.94. The van der Waals surface area contributed by atoms with Crippen molar-refractivity contribution in [3.8, 4) is 0 Å². The maximum atomic E-state index is 13.1. The fourth-order valence-electron chi connectivity index (χ4n) is 3.79. The van der Waals surface area contributed by atoms with Gasteiger partial charge in [0.25, 0.3) is 11.8 Å². The second kappa shape index (κ2) is 7.51. The maximum absolute atomic E-state index is 13.1. The molecule has 4 rings (SSSR count). The predicted octanol–water partition coefficient (Wildman–Crippen LogP) is 3.87. The van der Waals surface area contributed by atoms with Crippen LogP contribution in [0.1, 0.15) is 40.1 Å². The van der Waals surface area contributed by atoms with E-state index in [0.717, 1.165) is 15.8 Å². The highest BCUT2D eigenvalue weighted by molar-refractivity contribution is 6.26. The minimum Gasteiger partial charge on any atom is -0.334 e. The first-order valence-electron chi connectivity index (χ1n) is 9.68. The van der Waals surface area contributed by atoms with E-state index in [2.05, 4.69) is 0 Å². The number of rotatable bonds is 5. The van der Waals surface area contributed by atoms with Gasteiger partial charge in [-0.05, 0) is 36.9 Å². The van der Waals surface area contributed by atoms with Crippen molar-refractivity contribution in [2.24, 2.45) is 0 Å². The quantitative estimate of drug-likeness (QED) is 0.626. The van der Waals surface area contributed by atoms with E-state index in [4.69, 9.17) is 0 Å². The van der Waals surface area contributed by atoms with E-state index in [1.165, 1.54) is 0 Å². The van der Waals surface area contributed by atoms with Gasteiger partial charge in [0.15, 0.2) is 0 Å². The van der Waals surface area contributed by atoms with E-state index in [1.54, 1.807) is 29.2 Å². The van der Waals surface area contributed by atoms with Crippen LogP contribution in [-0.4, -0.2) is 40.1 Å². The van der Waals surface area contributed by atoms with Gasteiger partial charge in [0, 0.05) is 29.1 Å². The van der Waals surface area contributed by atoms with E-state index in [9.17, 15) is 14.4 Å². The number of carbonyl (C=O) groups is 3. The van der Waals surface area contributed by atoms with E-state index >= 15 is 0 Å². The molecule has 0 saturated heterocycles. The monoisotopic (exact) mass is 386 g/mol. The number of amides is 3. The number of hydrogen-bond donors (Lipinski definition) is 0. The number of imide groups is 1. The summed E-state index contributed by atoms with van der Waals surface area (Å²) in [5.74, 6) is -1.09. The zero-order valence-electron chi connectivity index (χ0n) is 16.5. The third-order valence-electron chi connectivity index (χ3n) is 5.29. The van der Waals surface area contributed by atoms with Crippen LogP contribution >= 0.6 is 0 Å². The molecule has 5 heteroatoms. The first kappa shape index (κ1) is 18.9. The highest BCUT2D eigenvalue weighted by Gasteiger charge is 2.35. The lowest BCUT2D eigenvalue weighted by Crippen LogP contribution is -2.48. The molecule has 1 aliphatic heterocycles. The Balaban J connectivity index is 1.62. The van der Waals surface area contributed by atoms with Crippen LogP contribution in [0, 0.1) is 0 Å². The van der Waals surface area contributed by atoms with Crippen LogP contribution in [0.15, 0.2) is 66.7 Å². The van der Waals surface area contributed by atoms with Crippen molar-refractivity contribution >= 4 is 28.5 Å². The first-order valence-corrected chi connectivity index (χ1v) is 9.68. The van der Waals surface area contributed by atoms with Crippen LogP contribution in [0.3, 0.4) is 0 Å². The molecule has 0 radical (unpaired) electrons. The lowest BCUT2D eigenvalue weighted by molar-refractivity contribution is -0.133. The Morgan fingerprint density at radius 1 is 0.862 bits per heavy atom. The molecule has 0 bridgehead atoms. The van der Waals surface area contributed by atoms with Crippen LogP contribution in [0.2, 0.25) is 0 Å². The van der Waals surface area contributed by atoms with Crippen LogP contribution in [0.5, 0.6) is 0 Å². The van der Waals surface area contributed by atoms with E-state index in [1.807, 2.05) is 56.3 Å². The largest absolute Gasteiger partial charge is 0.334 e. The molecular formula is C24H22N2O3. The zero-order valence-corrected chi connectivity index (χ0v) is 16.5. The van der Waals surface area contributed by atoms with Crippen molar-refractivity contribution in [2.75, 3.05) is 6.54 Å². The van der Waals surface area contributed by atoms with Crippen molar-refractivity contribution in [1.29, 1.82) is 0 Å². The van der Waals surface area contributed by atoms with Crippen LogP contribution in [0.25, 0.3) is 10.8 Å². The molecule has 5 nitrogen and oxygen atoms in total. The summed E-state index contributed by atoms with van der Waals surface area (Å²) in [5, 5.41) is 1.51. The maximum Gasteiger partial charge on any atom is 0.261 e. The van der Waals surface area contributed by atoms with E-state index in [0.29, 0.717) is 23.1 Å². The fraction of sp³-hybridized carbons (Fsp3) is 0.208. The molecule has 1 heterocycles. The second-order valence-corrected chi connectivity index (χ2v) is 7.51. The van der Waals surface area contributed by atoms with Gasteiger partial charge in [-0.2, -0.15) is 0 Å². The zero-order chi connectivity index (χ0) is 20.5. The normalized spacial score (nSPS) is 13.3. The Morgan fingerprint density at radius 2 is 1.45 bits per heavy atom. The van der Waals surface area contributed by atoms with Crippen molar-refractivity contribution in [3.05, 3.63) is 83.4 Å². The number of benzene rings is 3. The average molecular weight is 386 g/mol. The molecule has 0 fully saturated rings. The highest BCUT2D eigenvalue weighted by Crippen LogP contribution is 2.30. The summed E-state index contributed by atoms with van der Waals surface area (Å²) in [4.78, 5) is 41.9. The van der Waals surface area contributed by atoms with Gasteiger partial charge in [-0.25, -0.2) is 0 Å². The summed E-state index contributed by atoms with van der Waals surface area (Å²) >= 11 is 0. The van der Waals surface area contributed by atoms with Crippen molar-refractivity contribution in [1.82, 2.24) is 9.80 Å². The van der Waals surface area contributed by atoms with Gasteiger partial charge < -0.3 is 4.90 Å². The molecule has 0 atom stereocenters. The second-order valence-electron chi connectivity index (χ2n) is 7.51. The van der Waals surface area contributed by atoms with Gasteiger partial charge in [0.2, 0.25) is 5.91 Å². The van der Waals surface area contributed by atoms with Crippen LogP contribution in [-0.2, 0) is 11.3 Å². The molecule has 3 aromatic rings. The molecule has 0 saturated carbocycles. The summed E-state index contributed by atoms with van der Waals surface area (Å²) in [6.45, 7) is 4.01. The molecule has 3 aromatic carbocycles. The number of carbonyl (C=O) groups excluding carboxylic acids is 3. The van der Waals surface area contributed by atoms with Gasteiger partial charge >= 0.3 is 0 Å². The summed E-state index contributed by atoms with van der Waals surface area (Å²) in [7, 11) is 0. The van der Waals surface area contributed by atoms with Crippen molar-refractivity contribution in [2.45, 2.75) is 26.4 Å². The summed E-state index contributed by atoms with van der Waals surface area (Å²) < 4.78 is 0. The van der Waals surface area contributed by atoms with Crippen molar-refractivity contribution < 1.29 is 14.4 Å². The Kier molecular flexibility index (Phi) is 4.89. The molecule has 0 spiro atoms. The molecule has 1 aliphatic rings. The smallest absolute Gasteiger partial charge is 0.261 e. The summed E-state index contributed by atoms with van der Waals surface area (Å²) in [6.07, 6.45) is 0.